The molecule has 3 heteroatoms. The molecule has 0 aliphatic carbocycles. The fourth-order valence-electron chi connectivity index (χ4n) is 1.71. The van der Waals surface area contributed by atoms with Crippen LogP contribution in [0.15, 0.2) is 24.3 Å². The summed E-state index contributed by atoms with van der Waals surface area (Å²) >= 11 is 4.20. The highest BCUT2D eigenvalue weighted by atomic mass is 32.1. The van der Waals surface area contributed by atoms with E-state index in [1.54, 1.807) is 0 Å². The van der Waals surface area contributed by atoms with E-state index in [0.29, 0.717) is 0 Å². The van der Waals surface area contributed by atoms with Gasteiger partial charge in [-0.1, -0.05) is 18.6 Å². The number of para-hydroxylation sites is 2. The Morgan fingerprint density at radius 1 is 1.13 bits per heavy atom. The molecule has 0 saturated carbocycles. The van der Waals surface area contributed by atoms with Crippen molar-refractivity contribution in [1.82, 2.24) is 9.97 Å². The molecule has 0 aliphatic rings. The first-order valence-electron chi connectivity index (χ1n) is 5.44. The largest absolute Gasteiger partial charge is 0.342 e. The molecule has 2 nitrogen and oxygen atoms in total. The number of rotatable bonds is 5. The van der Waals surface area contributed by atoms with E-state index in [0.717, 1.165) is 29.0 Å². The molecule has 1 aromatic heterocycles. The van der Waals surface area contributed by atoms with E-state index in [9.17, 15) is 0 Å². The Labute approximate surface area is 95.5 Å². The topological polar surface area (TPSA) is 28.7 Å². The van der Waals surface area contributed by atoms with Gasteiger partial charge < -0.3 is 4.98 Å². The smallest absolute Gasteiger partial charge is 0.107 e. The summed E-state index contributed by atoms with van der Waals surface area (Å²) in [5.74, 6) is 2.09. The number of nitrogens with one attached hydrogen (secondary N) is 1. The molecule has 2 aromatic rings. The Hall–Kier alpha value is -0.960. The van der Waals surface area contributed by atoms with Crippen LogP contribution in [-0.4, -0.2) is 15.7 Å². The average Bonchev–Trinajstić information content (AvgIpc) is 2.67. The first-order chi connectivity index (χ1) is 7.40. The summed E-state index contributed by atoms with van der Waals surface area (Å²) in [4.78, 5) is 7.88. The molecule has 1 aromatic carbocycles. The molecule has 1 N–H and O–H groups in total. The zero-order chi connectivity index (χ0) is 10.5. The van der Waals surface area contributed by atoms with Crippen molar-refractivity contribution in [1.29, 1.82) is 0 Å². The second kappa shape index (κ2) is 5.21. The lowest BCUT2D eigenvalue weighted by Crippen LogP contribution is -1.88. The van der Waals surface area contributed by atoms with Gasteiger partial charge in [-0.15, -0.1) is 0 Å². The second-order valence-electron chi connectivity index (χ2n) is 3.73. The van der Waals surface area contributed by atoms with E-state index < -0.39 is 0 Å². The normalized spacial score (nSPS) is 11.0. The van der Waals surface area contributed by atoms with E-state index in [1.165, 1.54) is 19.3 Å². The molecule has 0 saturated heterocycles. The lowest BCUT2D eigenvalue weighted by Gasteiger charge is -1.95. The van der Waals surface area contributed by atoms with Crippen LogP contribution in [0.25, 0.3) is 11.0 Å². The Morgan fingerprint density at radius 3 is 2.80 bits per heavy atom. The third kappa shape index (κ3) is 2.75. The van der Waals surface area contributed by atoms with Crippen molar-refractivity contribution < 1.29 is 0 Å². The van der Waals surface area contributed by atoms with E-state index in [1.807, 2.05) is 18.2 Å². The highest BCUT2D eigenvalue weighted by molar-refractivity contribution is 7.80. The number of hydrogen-bond donors (Lipinski definition) is 2. The maximum Gasteiger partial charge on any atom is 0.107 e. The van der Waals surface area contributed by atoms with Crippen LogP contribution in [0, 0.1) is 0 Å². The third-order valence-corrected chi connectivity index (χ3v) is 2.83. The number of aromatic amines is 1. The SMILES string of the molecule is SCCCCCc1nc2ccccc2[nH]1. The Kier molecular flexibility index (Phi) is 3.67. The van der Waals surface area contributed by atoms with E-state index >= 15 is 0 Å². The summed E-state index contributed by atoms with van der Waals surface area (Å²) in [5.41, 5.74) is 2.21. The molecule has 0 fully saturated rings. The fourth-order valence-corrected chi connectivity index (χ4v) is 1.93. The summed E-state index contributed by atoms with van der Waals surface area (Å²) < 4.78 is 0. The van der Waals surface area contributed by atoms with Crippen molar-refractivity contribution in [2.75, 3.05) is 5.75 Å². The molecule has 15 heavy (non-hydrogen) atoms. The van der Waals surface area contributed by atoms with Crippen molar-refractivity contribution >= 4 is 23.7 Å². The van der Waals surface area contributed by atoms with Gasteiger partial charge in [0.15, 0.2) is 0 Å². The molecule has 2 rings (SSSR count). The maximum atomic E-state index is 4.54. The van der Waals surface area contributed by atoms with Crippen molar-refractivity contribution in [3.63, 3.8) is 0 Å². The molecule has 0 bridgehead atoms. The fraction of sp³-hybridized carbons (Fsp3) is 0.417. The lowest BCUT2D eigenvalue weighted by atomic mass is 10.2. The van der Waals surface area contributed by atoms with Crippen molar-refractivity contribution in [3.05, 3.63) is 30.1 Å². The summed E-state index contributed by atoms with van der Waals surface area (Å²) in [5, 5.41) is 0. The number of hydrogen-bond acceptors (Lipinski definition) is 2. The minimum Gasteiger partial charge on any atom is -0.342 e. The van der Waals surface area contributed by atoms with Crippen molar-refractivity contribution in [2.24, 2.45) is 0 Å². The van der Waals surface area contributed by atoms with Gasteiger partial charge in [-0.05, 0) is 30.7 Å². The monoisotopic (exact) mass is 220 g/mol. The average molecular weight is 220 g/mol. The molecule has 1 heterocycles. The number of fused-ring (bicyclic) bond motifs is 1. The van der Waals surface area contributed by atoms with Gasteiger partial charge in [0.2, 0.25) is 0 Å². The van der Waals surface area contributed by atoms with Gasteiger partial charge in [0.1, 0.15) is 5.82 Å². The molecule has 0 aliphatic heterocycles. The summed E-state index contributed by atoms with van der Waals surface area (Å²) in [6.07, 6.45) is 4.67. The van der Waals surface area contributed by atoms with Crippen molar-refractivity contribution in [3.8, 4) is 0 Å². The Morgan fingerprint density at radius 2 is 2.00 bits per heavy atom. The number of benzene rings is 1. The van der Waals surface area contributed by atoms with Crippen LogP contribution in [0.4, 0.5) is 0 Å². The molecule has 80 valence electrons. The molecular weight excluding hydrogens is 204 g/mol. The van der Waals surface area contributed by atoms with Crippen molar-refractivity contribution in [2.45, 2.75) is 25.7 Å². The van der Waals surface area contributed by atoms with Crippen LogP contribution in [0.3, 0.4) is 0 Å². The maximum absolute atomic E-state index is 4.54. The van der Waals surface area contributed by atoms with Gasteiger partial charge in [0.05, 0.1) is 11.0 Å². The summed E-state index contributed by atoms with van der Waals surface area (Å²) in [6.45, 7) is 0. The van der Waals surface area contributed by atoms with Gasteiger partial charge in [-0.25, -0.2) is 4.98 Å². The zero-order valence-electron chi connectivity index (χ0n) is 8.74. The molecule has 0 unspecified atom stereocenters. The van der Waals surface area contributed by atoms with Crippen LogP contribution < -0.4 is 0 Å². The predicted molar refractivity (Wildman–Crippen MR) is 67.5 cm³/mol. The molecular formula is C12H16N2S. The number of H-pyrrole nitrogens is 1. The first-order valence-corrected chi connectivity index (χ1v) is 6.08. The Bertz CT molecular complexity index is 389. The van der Waals surface area contributed by atoms with Gasteiger partial charge >= 0.3 is 0 Å². The number of unbranched alkanes of at least 4 members (excludes halogenated alkanes) is 2. The summed E-state index contributed by atoms with van der Waals surface area (Å²) in [6, 6.07) is 8.17. The quantitative estimate of drug-likeness (QED) is 0.588. The van der Waals surface area contributed by atoms with Crippen LogP contribution >= 0.6 is 12.6 Å². The second-order valence-corrected chi connectivity index (χ2v) is 4.18. The number of thiol groups is 1. The highest BCUT2D eigenvalue weighted by Crippen LogP contribution is 2.12. The lowest BCUT2D eigenvalue weighted by molar-refractivity contribution is 0.705. The van der Waals surface area contributed by atoms with Crippen LogP contribution in [0.5, 0.6) is 0 Å². The third-order valence-electron chi connectivity index (χ3n) is 2.51. The summed E-state index contributed by atoms with van der Waals surface area (Å²) in [7, 11) is 0. The molecule has 0 spiro atoms. The predicted octanol–water partition coefficient (Wildman–Crippen LogP) is 3.21. The van der Waals surface area contributed by atoms with Gasteiger partial charge in [-0.3, -0.25) is 0 Å². The highest BCUT2D eigenvalue weighted by Gasteiger charge is 2.00. The zero-order valence-corrected chi connectivity index (χ0v) is 9.63. The molecule has 0 amide bonds. The van der Waals surface area contributed by atoms with Gasteiger partial charge in [0, 0.05) is 6.42 Å². The van der Waals surface area contributed by atoms with Gasteiger partial charge in [-0.2, -0.15) is 12.6 Å². The van der Waals surface area contributed by atoms with E-state index in [4.69, 9.17) is 0 Å². The number of nitrogens with zero attached hydrogens (tertiary/aromatic N) is 1. The Balaban J connectivity index is 1.97. The number of aromatic nitrogens is 2. The standard InChI is InChI=1S/C12H16N2S/c15-9-5-1-2-8-12-13-10-6-3-4-7-11(10)14-12/h3-4,6-7,15H,1-2,5,8-9H2,(H,13,14). The molecule has 0 radical (unpaired) electrons. The van der Waals surface area contributed by atoms with E-state index in [-0.39, 0.29) is 0 Å². The minimum absolute atomic E-state index is 0.986. The van der Waals surface area contributed by atoms with Gasteiger partial charge in [0.25, 0.3) is 0 Å². The first kappa shape index (κ1) is 10.6. The van der Waals surface area contributed by atoms with E-state index in [2.05, 4.69) is 28.7 Å². The minimum atomic E-state index is 0.986. The van der Waals surface area contributed by atoms with Crippen LogP contribution in [0.2, 0.25) is 0 Å². The molecule has 0 atom stereocenters. The number of imidazole rings is 1. The van der Waals surface area contributed by atoms with Crippen LogP contribution in [-0.2, 0) is 6.42 Å². The van der Waals surface area contributed by atoms with Crippen LogP contribution in [0.1, 0.15) is 25.1 Å². The number of aryl methyl sites for hydroxylation is 1.